The lowest BCUT2D eigenvalue weighted by Crippen LogP contribution is -2.27. The molecule has 0 radical (unpaired) electrons. The topological polar surface area (TPSA) is 87.4 Å². The maximum atomic E-state index is 8.77. The summed E-state index contributed by atoms with van der Waals surface area (Å²) in [4.78, 5) is 3.10. The standard InChI is InChI=1S/C10H24N2O4/c13-7-11(8-14)5-3-1-2-4-6-12(9-15)10-16/h13-16H,1-10H2. The van der Waals surface area contributed by atoms with Crippen LogP contribution in [-0.2, 0) is 0 Å². The summed E-state index contributed by atoms with van der Waals surface area (Å²) >= 11 is 0. The highest BCUT2D eigenvalue weighted by Gasteiger charge is 2.01. The van der Waals surface area contributed by atoms with Crippen molar-refractivity contribution in [1.82, 2.24) is 9.80 Å². The largest absolute Gasteiger partial charge is 0.381 e. The monoisotopic (exact) mass is 236 g/mol. The Morgan fingerprint density at radius 2 is 0.812 bits per heavy atom. The van der Waals surface area contributed by atoms with E-state index in [1.807, 2.05) is 0 Å². The maximum absolute atomic E-state index is 8.77. The second-order valence-electron chi connectivity index (χ2n) is 3.77. The van der Waals surface area contributed by atoms with Gasteiger partial charge in [0.25, 0.3) is 0 Å². The summed E-state index contributed by atoms with van der Waals surface area (Å²) < 4.78 is 0. The van der Waals surface area contributed by atoms with E-state index >= 15 is 0 Å². The number of hydrogen-bond acceptors (Lipinski definition) is 6. The SMILES string of the molecule is OCN(CO)CCCCCCN(CO)CO. The first-order chi connectivity index (χ1) is 7.78. The van der Waals surface area contributed by atoms with E-state index < -0.39 is 0 Å². The molecule has 0 spiro atoms. The zero-order chi connectivity index (χ0) is 12.2. The molecular weight excluding hydrogens is 212 g/mol. The molecular formula is C10H24N2O4. The number of rotatable bonds is 11. The van der Waals surface area contributed by atoms with Crippen molar-refractivity contribution in [2.24, 2.45) is 0 Å². The smallest absolute Gasteiger partial charge is 0.0974 e. The highest BCUT2D eigenvalue weighted by Crippen LogP contribution is 2.02. The van der Waals surface area contributed by atoms with Crippen LogP contribution in [0.4, 0.5) is 0 Å². The van der Waals surface area contributed by atoms with Crippen molar-refractivity contribution in [2.75, 3.05) is 40.0 Å². The van der Waals surface area contributed by atoms with Crippen LogP contribution in [0.5, 0.6) is 0 Å². The molecule has 6 nitrogen and oxygen atoms in total. The van der Waals surface area contributed by atoms with Crippen molar-refractivity contribution in [2.45, 2.75) is 25.7 Å². The summed E-state index contributed by atoms with van der Waals surface area (Å²) in [5.74, 6) is 0. The molecule has 0 unspecified atom stereocenters. The third-order valence-electron chi connectivity index (χ3n) is 2.50. The summed E-state index contributed by atoms with van der Waals surface area (Å²) in [6.45, 7) is 0.935. The molecule has 6 heteroatoms. The third kappa shape index (κ3) is 7.98. The van der Waals surface area contributed by atoms with Crippen LogP contribution in [0.2, 0.25) is 0 Å². The molecule has 4 N–H and O–H groups in total. The molecule has 0 saturated heterocycles. The summed E-state index contributed by atoms with van der Waals surface area (Å²) in [7, 11) is 0. The highest BCUT2D eigenvalue weighted by atomic mass is 16.3. The molecule has 0 saturated carbocycles. The number of hydrogen-bond donors (Lipinski definition) is 4. The van der Waals surface area contributed by atoms with Gasteiger partial charge in [-0.3, -0.25) is 9.80 Å². The Bertz CT molecular complexity index is 125. The zero-order valence-electron chi connectivity index (χ0n) is 9.75. The van der Waals surface area contributed by atoms with Gasteiger partial charge in [-0.15, -0.1) is 0 Å². The van der Waals surface area contributed by atoms with Crippen LogP contribution < -0.4 is 0 Å². The van der Waals surface area contributed by atoms with E-state index in [9.17, 15) is 0 Å². The van der Waals surface area contributed by atoms with Gasteiger partial charge in [0.05, 0.1) is 26.9 Å². The zero-order valence-corrected chi connectivity index (χ0v) is 9.75. The first kappa shape index (κ1) is 15.8. The maximum Gasteiger partial charge on any atom is 0.0974 e. The fourth-order valence-electron chi connectivity index (χ4n) is 1.40. The third-order valence-corrected chi connectivity index (χ3v) is 2.50. The predicted molar refractivity (Wildman–Crippen MR) is 60.2 cm³/mol. The average Bonchev–Trinajstić information content (AvgIpc) is 2.33. The predicted octanol–water partition coefficient (Wildman–Crippen LogP) is -1.05. The second-order valence-corrected chi connectivity index (χ2v) is 3.77. The van der Waals surface area contributed by atoms with E-state index in [1.54, 1.807) is 9.80 Å². The molecule has 0 rings (SSSR count). The lowest BCUT2D eigenvalue weighted by Gasteiger charge is -2.17. The van der Waals surface area contributed by atoms with Crippen LogP contribution in [0.15, 0.2) is 0 Å². The van der Waals surface area contributed by atoms with Gasteiger partial charge in [0.1, 0.15) is 0 Å². The molecule has 0 amide bonds. The summed E-state index contributed by atoms with van der Waals surface area (Å²) in [5, 5.41) is 35.1. The average molecular weight is 236 g/mol. The number of nitrogens with zero attached hydrogens (tertiary/aromatic N) is 2. The molecule has 0 heterocycles. The van der Waals surface area contributed by atoms with E-state index in [-0.39, 0.29) is 26.9 Å². The Morgan fingerprint density at radius 3 is 1.06 bits per heavy atom. The Labute approximate surface area is 96.7 Å². The highest BCUT2D eigenvalue weighted by molar-refractivity contribution is 4.52. The van der Waals surface area contributed by atoms with Gasteiger partial charge in [-0.1, -0.05) is 12.8 Å². The lowest BCUT2D eigenvalue weighted by molar-refractivity contribution is 0.0254. The van der Waals surface area contributed by atoms with Crippen molar-refractivity contribution in [3.63, 3.8) is 0 Å². The van der Waals surface area contributed by atoms with Gasteiger partial charge in [-0.05, 0) is 12.8 Å². The molecule has 0 bridgehead atoms. The molecule has 0 aromatic heterocycles. The molecule has 98 valence electrons. The molecule has 0 aliphatic rings. The Hall–Kier alpha value is -0.240. The van der Waals surface area contributed by atoms with Gasteiger partial charge in [0.2, 0.25) is 0 Å². The minimum Gasteiger partial charge on any atom is -0.381 e. The molecule has 0 aliphatic carbocycles. The van der Waals surface area contributed by atoms with Crippen molar-refractivity contribution < 1.29 is 20.4 Å². The van der Waals surface area contributed by atoms with Crippen molar-refractivity contribution in [3.05, 3.63) is 0 Å². The quantitative estimate of drug-likeness (QED) is 0.270. The molecule has 0 fully saturated rings. The van der Waals surface area contributed by atoms with E-state index in [2.05, 4.69) is 0 Å². The van der Waals surface area contributed by atoms with E-state index in [4.69, 9.17) is 20.4 Å². The first-order valence-electron chi connectivity index (χ1n) is 5.66. The van der Waals surface area contributed by atoms with Gasteiger partial charge in [-0.25, -0.2) is 0 Å². The molecule has 0 aliphatic heterocycles. The lowest BCUT2D eigenvalue weighted by atomic mass is 10.2. The molecule has 0 aromatic rings. The fourth-order valence-corrected chi connectivity index (χ4v) is 1.40. The van der Waals surface area contributed by atoms with E-state index in [0.29, 0.717) is 13.1 Å². The van der Waals surface area contributed by atoms with Gasteiger partial charge < -0.3 is 20.4 Å². The van der Waals surface area contributed by atoms with Crippen molar-refractivity contribution >= 4 is 0 Å². The van der Waals surface area contributed by atoms with Crippen LogP contribution in [0.1, 0.15) is 25.7 Å². The summed E-state index contributed by atoms with van der Waals surface area (Å²) in [6.07, 6.45) is 3.89. The second kappa shape index (κ2) is 11.3. The Morgan fingerprint density at radius 1 is 0.500 bits per heavy atom. The van der Waals surface area contributed by atoms with E-state index in [0.717, 1.165) is 25.7 Å². The summed E-state index contributed by atoms with van der Waals surface area (Å²) in [5.41, 5.74) is 0. The fraction of sp³-hybridized carbons (Fsp3) is 1.00. The van der Waals surface area contributed by atoms with Crippen LogP contribution in [0, 0.1) is 0 Å². The number of aliphatic hydroxyl groups excluding tert-OH is 4. The Kier molecular flexibility index (Phi) is 11.1. The summed E-state index contributed by atoms with van der Waals surface area (Å²) in [6, 6.07) is 0. The van der Waals surface area contributed by atoms with Crippen LogP contribution in [-0.4, -0.2) is 70.2 Å². The number of unbranched alkanes of at least 4 members (excludes halogenated alkanes) is 3. The normalized spacial score (nSPS) is 11.6. The van der Waals surface area contributed by atoms with E-state index in [1.165, 1.54) is 0 Å². The van der Waals surface area contributed by atoms with Crippen LogP contribution >= 0.6 is 0 Å². The van der Waals surface area contributed by atoms with Crippen molar-refractivity contribution in [3.8, 4) is 0 Å². The van der Waals surface area contributed by atoms with Gasteiger partial charge in [0, 0.05) is 13.1 Å². The van der Waals surface area contributed by atoms with Crippen LogP contribution in [0.25, 0.3) is 0 Å². The molecule has 0 aromatic carbocycles. The van der Waals surface area contributed by atoms with Crippen LogP contribution in [0.3, 0.4) is 0 Å². The van der Waals surface area contributed by atoms with Gasteiger partial charge in [-0.2, -0.15) is 0 Å². The molecule has 16 heavy (non-hydrogen) atoms. The number of aliphatic hydroxyl groups is 4. The first-order valence-corrected chi connectivity index (χ1v) is 5.66. The molecule has 0 atom stereocenters. The van der Waals surface area contributed by atoms with Gasteiger partial charge >= 0.3 is 0 Å². The van der Waals surface area contributed by atoms with Gasteiger partial charge in [0.15, 0.2) is 0 Å². The van der Waals surface area contributed by atoms with Crippen molar-refractivity contribution in [1.29, 1.82) is 0 Å². The minimum absolute atomic E-state index is 0.112. The minimum atomic E-state index is -0.112. The Balaban J connectivity index is 3.26.